The van der Waals surface area contributed by atoms with Gasteiger partial charge in [-0.25, -0.2) is 0 Å². The summed E-state index contributed by atoms with van der Waals surface area (Å²) >= 11 is 0. The average Bonchev–Trinajstić information content (AvgIpc) is 2.77. The minimum Gasteiger partial charge on any atom is -0.497 e. The van der Waals surface area contributed by atoms with Crippen molar-refractivity contribution in [2.24, 2.45) is 0 Å². The van der Waals surface area contributed by atoms with Gasteiger partial charge in [0.1, 0.15) is 18.1 Å². The van der Waals surface area contributed by atoms with Crippen molar-refractivity contribution in [3.8, 4) is 11.5 Å². The SMILES string of the molecule is C=CCOc1ccc(C(=O)N2CCN(C(=O)c3ccc(OC)cc3)CC2)cc1. The number of ether oxygens (including phenoxy) is 2. The van der Waals surface area contributed by atoms with E-state index in [1.165, 1.54) is 0 Å². The Bertz CT molecular complexity index is 823. The molecule has 3 rings (SSSR count). The van der Waals surface area contributed by atoms with E-state index in [1.54, 1.807) is 71.5 Å². The molecule has 0 unspecified atom stereocenters. The van der Waals surface area contributed by atoms with E-state index in [-0.39, 0.29) is 11.8 Å². The highest BCUT2D eigenvalue weighted by Crippen LogP contribution is 2.17. The van der Waals surface area contributed by atoms with Gasteiger partial charge in [0.25, 0.3) is 11.8 Å². The fraction of sp³-hybridized carbons (Fsp3) is 0.273. The molecule has 1 aliphatic rings. The molecule has 6 heteroatoms. The van der Waals surface area contributed by atoms with Crippen LogP contribution in [0.3, 0.4) is 0 Å². The lowest BCUT2D eigenvalue weighted by Gasteiger charge is -2.35. The minimum absolute atomic E-state index is 0.0292. The Labute approximate surface area is 165 Å². The first-order chi connectivity index (χ1) is 13.6. The molecule has 0 spiro atoms. The van der Waals surface area contributed by atoms with Gasteiger partial charge < -0.3 is 19.3 Å². The second kappa shape index (κ2) is 9.08. The van der Waals surface area contributed by atoms with Crippen LogP contribution in [0.15, 0.2) is 61.2 Å². The number of carbonyl (C=O) groups excluding carboxylic acids is 2. The zero-order chi connectivity index (χ0) is 19.9. The predicted octanol–water partition coefficient (Wildman–Crippen LogP) is 2.86. The van der Waals surface area contributed by atoms with Gasteiger partial charge >= 0.3 is 0 Å². The van der Waals surface area contributed by atoms with E-state index in [1.807, 2.05) is 0 Å². The lowest BCUT2D eigenvalue weighted by molar-refractivity contribution is 0.0535. The Morgan fingerprint density at radius 1 is 0.857 bits per heavy atom. The Hall–Kier alpha value is -3.28. The molecule has 6 nitrogen and oxygen atoms in total. The molecule has 0 aliphatic carbocycles. The summed E-state index contributed by atoms with van der Waals surface area (Å²) in [4.78, 5) is 28.9. The van der Waals surface area contributed by atoms with Crippen molar-refractivity contribution in [1.29, 1.82) is 0 Å². The normalized spacial score (nSPS) is 13.8. The maximum Gasteiger partial charge on any atom is 0.253 e. The molecule has 2 amide bonds. The van der Waals surface area contributed by atoms with Crippen LogP contribution in [-0.2, 0) is 0 Å². The van der Waals surface area contributed by atoms with E-state index in [0.717, 1.165) is 0 Å². The summed E-state index contributed by atoms with van der Waals surface area (Å²) in [6, 6.07) is 14.1. The van der Waals surface area contributed by atoms with E-state index in [9.17, 15) is 9.59 Å². The van der Waals surface area contributed by atoms with Crippen molar-refractivity contribution in [3.05, 3.63) is 72.3 Å². The highest BCUT2D eigenvalue weighted by Gasteiger charge is 2.25. The molecule has 2 aromatic carbocycles. The van der Waals surface area contributed by atoms with Crippen LogP contribution in [0.1, 0.15) is 20.7 Å². The second-order valence-corrected chi connectivity index (χ2v) is 6.44. The number of methoxy groups -OCH3 is 1. The third-order valence-electron chi connectivity index (χ3n) is 4.66. The largest absolute Gasteiger partial charge is 0.497 e. The predicted molar refractivity (Wildman–Crippen MR) is 107 cm³/mol. The van der Waals surface area contributed by atoms with Gasteiger partial charge in [-0.05, 0) is 48.5 Å². The van der Waals surface area contributed by atoms with Crippen molar-refractivity contribution in [1.82, 2.24) is 9.80 Å². The number of rotatable bonds is 6. The van der Waals surface area contributed by atoms with Crippen LogP contribution in [-0.4, -0.2) is 61.5 Å². The average molecular weight is 380 g/mol. The van der Waals surface area contributed by atoms with Gasteiger partial charge in [-0.1, -0.05) is 12.7 Å². The summed E-state index contributed by atoms with van der Waals surface area (Å²) in [5.74, 6) is 1.35. The van der Waals surface area contributed by atoms with Gasteiger partial charge in [0.05, 0.1) is 7.11 Å². The summed E-state index contributed by atoms with van der Waals surface area (Å²) in [6.07, 6.45) is 1.67. The van der Waals surface area contributed by atoms with Gasteiger partial charge in [-0.3, -0.25) is 9.59 Å². The lowest BCUT2D eigenvalue weighted by Crippen LogP contribution is -2.50. The summed E-state index contributed by atoms with van der Waals surface area (Å²) in [5, 5.41) is 0. The Morgan fingerprint density at radius 2 is 1.29 bits per heavy atom. The first-order valence-corrected chi connectivity index (χ1v) is 9.18. The topological polar surface area (TPSA) is 59.1 Å². The van der Waals surface area contributed by atoms with E-state index in [2.05, 4.69) is 6.58 Å². The summed E-state index contributed by atoms with van der Waals surface area (Å²) < 4.78 is 10.6. The molecule has 1 saturated heterocycles. The molecule has 1 heterocycles. The lowest BCUT2D eigenvalue weighted by atomic mass is 10.1. The van der Waals surface area contributed by atoms with Crippen molar-refractivity contribution in [3.63, 3.8) is 0 Å². The smallest absolute Gasteiger partial charge is 0.253 e. The molecule has 1 aliphatic heterocycles. The first kappa shape index (κ1) is 19.5. The zero-order valence-corrected chi connectivity index (χ0v) is 16.0. The quantitative estimate of drug-likeness (QED) is 0.723. The number of nitrogens with zero attached hydrogens (tertiary/aromatic N) is 2. The second-order valence-electron chi connectivity index (χ2n) is 6.44. The summed E-state index contributed by atoms with van der Waals surface area (Å²) in [6.45, 7) is 6.08. The van der Waals surface area contributed by atoms with Gasteiger partial charge in [0.15, 0.2) is 0 Å². The molecule has 1 fully saturated rings. The van der Waals surface area contributed by atoms with Crippen LogP contribution in [0.2, 0.25) is 0 Å². The highest BCUT2D eigenvalue weighted by atomic mass is 16.5. The van der Waals surface area contributed by atoms with E-state index in [0.29, 0.717) is 55.4 Å². The third-order valence-corrected chi connectivity index (χ3v) is 4.66. The fourth-order valence-electron chi connectivity index (χ4n) is 3.06. The maximum absolute atomic E-state index is 12.7. The molecule has 0 N–H and O–H groups in total. The van der Waals surface area contributed by atoms with Crippen molar-refractivity contribution in [2.75, 3.05) is 39.9 Å². The minimum atomic E-state index is -0.0354. The number of piperazine rings is 1. The molecular formula is C22H24N2O4. The van der Waals surface area contributed by atoms with Gasteiger partial charge in [0.2, 0.25) is 0 Å². The van der Waals surface area contributed by atoms with Gasteiger partial charge in [-0.15, -0.1) is 0 Å². The van der Waals surface area contributed by atoms with E-state index >= 15 is 0 Å². The number of hydrogen-bond acceptors (Lipinski definition) is 4. The van der Waals surface area contributed by atoms with Crippen LogP contribution in [0, 0.1) is 0 Å². The molecule has 0 bridgehead atoms. The van der Waals surface area contributed by atoms with Gasteiger partial charge in [0, 0.05) is 37.3 Å². The number of amides is 2. The molecule has 0 radical (unpaired) electrons. The number of hydrogen-bond donors (Lipinski definition) is 0. The molecule has 0 saturated carbocycles. The fourth-order valence-corrected chi connectivity index (χ4v) is 3.06. The monoisotopic (exact) mass is 380 g/mol. The third kappa shape index (κ3) is 4.52. The standard InChI is InChI=1S/C22H24N2O4/c1-3-16-28-20-10-6-18(7-11-20)22(26)24-14-12-23(13-15-24)21(25)17-4-8-19(27-2)9-5-17/h3-11H,1,12-16H2,2H3. The Kier molecular flexibility index (Phi) is 6.32. The Balaban J connectivity index is 1.55. The number of carbonyl (C=O) groups is 2. The van der Waals surface area contributed by atoms with E-state index in [4.69, 9.17) is 9.47 Å². The number of benzene rings is 2. The van der Waals surface area contributed by atoms with Crippen molar-refractivity contribution < 1.29 is 19.1 Å². The van der Waals surface area contributed by atoms with Crippen molar-refractivity contribution >= 4 is 11.8 Å². The van der Waals surface area contributed by atoms with Crippen LogP contribution in [0.4, 0.5) is 0 Å². The van der Waals surface area contributed by atoms with Crippen LogP contribution in [0.5, 0.6) is 11.5 Å². The molecule has 146 valence electrons. The zero-order valence-electron chi connectivity index (χ0n) is 16.0. The molecule has 2 aromatic rings. The van der Waals surface area contributed by atoms with Crippen molar-refractivity contribution in [2.45, 2.75) is 0 Å². The molecule has 0 atom stereocenters. The summed E-state index contributed by atoms with van der Waals surface area (Å²) in [5.41, 5.74) is 1.23. The first-order valence-electron chi connectivity index (χ1n) is 9.18. The maximum atomic E-state index is 12.7. The van der Waals surface area contributed by atoms with Crippen LogP contribution in [0.25, 0.3) is 0 Å². The van der Waals surface area contributed by atoms with E-state index < -0.39 is 0 Å². The Morgan fingerprint density at radius 3 is 1.68 bits per heavy atom. The highest BCUT2D eigenvalue weighted by molar-refractivity contribution is 5.96. The van der Waals surface area contributed by atoms with Crippen LogP contribution < -0.4 is 9.47 Å². The molecule has 28 heavy (non-hydrogen) atoms. The molecule has 0 aromatic heterocycles. The van der Waals surface area contributed by atoms with Crippen LogP contribution >= 0.6 is 0 Å². The molecular weight excluding hydrogens is 356 g/mol. The summed E-state index contributed by atoms with van der Waals surface area (Å²) in [7, 11) is 1.59. The van der Waals surface area contributed by atoms with Gasteiger partial charge in [-0.2, -0.15) is 0 Å².